The fourth-order valence-electron chi connectivity index (χ4n) is 2.78. The van der Waals surface area contributed by atoms with E-state index in [-0.39, 0.29) is 24.2 Å². The van der Waals surface area contributed by atoms with Crippen LogP contribution in [0, 0.1) is 12.7 Å². The van der Waals surface area contributed by atoms with E-state index in [1.54, 1.807) is 28.4 Å². The molecule has 1 fully saturated rings. The summed E-state index contributed by atoms with van der Waals surface area (Å²) >= 11 is 1.55. The van der Waals surface area contributed by atoms with E-state index in [0.29, 0.717) is 31.9 Å². The molecule has 1 N–H and O–H groups in total. The highest BCUT2D eigenvalue weighted by Crippen LogP contribution is 2.11. The van der Waals surface area contributed by atoms with Crippen LogP contribution in [-0.4, -0.2) is 59.3 Å². The van der Waals surface area contributed by atoms with Crippen molar-refractivity contribution in [2.75, 3.05) is 38.0 Å². The van der Waals surface area contributed by atoms with Gasteiger partial charge in [0.05, 0.1) is 17.2 Å². The quantitative estimate of drug-likeness (QED) is 0.799. The number of rotatable bonds is 5. The predicted octanol–water partition coefficient (Wildman–Crippen LogP) is 2.39. The van der Waals surface area contributed by atoms with E-state index in [9.17, 15) is 14.0 Å². The molecule has 0 aliphatic carbocycles. The number of anilines is 1. The van der Waals surface area contributed by atoms with Crippen LogP contribution in [0.2, 0.25) is 0 Å². The highest BCUT2D eigenvalue weighted by atomic mass is 32.1. The SMILES string of the molecule is Cc1nc(/C=C/C(=O)N2CCN(CC(=O)Nc3ccc(F)cc3)CC2)cs1. The average Bonchev–Trinajstić information content (AvgIpc) is 3.07. The van der Waals surface area contributed by atoms with Crippen LogP contribution >= 0.6 is 11.3 Å². The Morgan fingerprint density at radius 2 is 1.93 bits per heavy atom. The minimum atomic E-state index is -0.340. The summed E-state index contributed by atoms with van der Waals surface area (Å²) in [7, 11) is 0. The van der Waals surface area contributed by atoms with Crippen molar-refractivity contribution < 1.29 is 14.0 Å². The van der Waals surface area contributed by atoms with Crippen molar-refractivity contribution in [1.82, 2.24) is 14.8 Å². The summed E-state index contributed by atoms with van der Waals surface area (Å²) in [6, 6.07) is 5.67. The number of hydrogen-bond acceptors (Lipinski definition) is 5. The van der Waals surface area contributed by atoms with Crippen LogP contribution in [0.1, 0.15) is 10.7 Å². The Balaban J connectivity index is 1.42. The molecule has 0 atom stereocenters. The Bertz CT molecular complexity index is 826. The van der Waals surface area contributed by atoms with Gasteiger partial charge in [-0.05, 0) is 37.3 Å². The normalized spacial score (nSPS) is 15.3. The van der Waals surface area contributed by atoms with Gasteiger partial charge in [0.1, 0.15) is 5.82 Å². The lowest BCUT2D eigenvalue weighted by molar-refractivity contribution is -0.127. The van der Waals surface area contributed by atoms with Gasteiger partial charge >= 0.3 is 0 Å². The van der Waals surface area contributed by atoms with Crippen LogP contribution in [-0.2, 0) is 9.59 Å². The number of carbonyl (C=O) groups is 2. The molecule has 6 nitrogen and oxygen atoms in total. The van der Waals surface area contributed by atoms with Crippen LogP contribution in [0.5, 0.6) is 0 Å². The summed E-state index contributed by atoms with van der Waals surface area (Å²) < 4.78 is 12.9. The number of piperazine rings is 1. The minimum absolute atomic E-state index is 0.0453. The van der Waals surface area contributed by atoms with Gasteiger partial charge in [-0.1, -0.05) is 0 Å². The van der Waals surface area contributed by atoms with Crippen LogP contribution in [0.3, 0.4) is 0 Å². The monoisotopic (exact) mass is 388 g/mol. The number of nitrogens with one attached hydrogen (secondary N) is 1. The molecule has 1 saturated heterocycles. The van der Waals surface area contributed by atoms with Crippen LogP contribution in [0.4, 0.5) is 10.1 Å². The maximum atomic E-state index is 12.9. The van der Waals surface area contributed by atoms with Crippen molar-refractivity contribution in [3.63, 3.8) is 0 Å². The number of aryl methyl sites for hydroxylation is 1. The number of hydrogen-bond donors (Lipinski definition) is 1. The predicted molar refractivity (Wildman–Crippen MR) is 104 cm³/mol. The molecule has 1 aromatic carbocycles. The van der Waals surface area contributed by atoms with Gasteiger partial charge in [0.2, 0.25) is 11.8 Å². The van der Waals surface area contributed by atoms with Gasteiger partial charge < -0.3 is 10.2 Å². The minimum Gasteiger partial charge on any atom is -0.337 e. The van der Waals surface area contributed by atoms with E-state index < -0.39 is 0 Å². The Hall–Kier alpha value is -2.58. The number of benzene rings is 1. The van der Waals surface area contributed by atoms with Gasteiger partial charge in [-0.15, -0.1) is 11.3 Å². The standard InChI is InChI=1S/C19H21FN4O2S/c1-14-21-17(13-27-14)6-7-19(26)24-10-8-23(9-11-24)12-18(25)22-16-4-2-15(20)3-5-16/h2-7,13H,8-12H2,1H3,(H,22,25)/b7-6+. The van der Waals surface area contributed by atoms with Gasteiger partial charge in [0.15, 0.2) is 0 Å². The Morgan fingerprint density at radius 3 is 2.56 bits per heavy atom. The summed E-state index contributed by atoms with van der Waals surface area (Å²) in [5, 5.41) is 5.63. The van der Waals surface area contributed by atoms with E-state index in [4.69, 9.17) is 0 Å². The highest BCUT2D eigenvalue weighted by molar-refractivity contribution is 7.09. The molecule has 2 aromatic rings. The summed E-state index contributed by atoms with van der Waals surface area (Å²) in [6.07, 6.45) is 3.28. The Morgan fingerprint density at radius 1 is 1.22 bits per heavy atom. The first-order valence-electron chi connectivity index (χ1n) is 8.66. The van der Waals surface area contributed by atoms with E-state index in [1.165, 1.54) is 24.3 Å². The van der Waals surface area contributed by atoms with Gasteiger partial charge in [0.25, 0.3) is 0 Å². The third-order valence-electron chi connectivity index (χ3n) is 4.21. The zero-order chi connectivity index (χ0) is 19.2. The zero-order valence-electron chi connectivity index (χ0n) is 15.0. The second-order valence-corrected chi connectivity index (χ2v) is 7.34. The second-order valence-electron chi connectivity index (χ2n) is 6.28. The molecule has 0 spiro atoms. The van der Waals surface area contributed by atoms with Gasteiger partial charge in [-0.25, -0.2) is 9.37 Å². The average molecular weight is 388 g/mol. The van der Waals surface area contributed by atoms with E-state index >= 15 is 0 Å². The Kier molecular flexibility index (Phi) is 6.31. The number of carbonyl (C=O) groups excluding carboxylic acids is 2. The lowest BCUT2D eigenvalue weighted by Gasteiger charge is -2.33. The molecule has 8 heteroatoms. The molecule has 0 radical (unpaired) electrons. The summed E-state index contributed by atoms with van der Waals surface area (Å²) in [6.45, 7) is 4.58. The maximum absolute atomic E-state index is 12.9. The zero-order valence-corrected chi connectivity index (χ0v) is 15.8. The first-order valence-corrected chi connectivity index (χ1v) is 9.54. The fourth-order valence-corrected chi connectivity index (χ4v) is 3.36. The first kappa shape index (κ1) is 19.2. The molecular formula is C19H21FN4O2S. The molecule has 0 bridgehead atoms. The molecular weight excluding hydrogens is 367 g/mol. The summed E-state index contributed by atoms with van der Waals surface area (Å²) in [5.74, 6) is -0.538. The number of aromatic nitrogens is 1. The highest BCUT2D eigenvalue weighted by Gasteiger charge is 2.21. The molecule has 1 aromatic heterocycles. The van der Waals surface area contributed by atoms with Gasteiger partial charge in [0, 0.05) is 43.3 Å². The first-order chi connectivity index (χ1) is 13.0. The van der Waals surface area contributed by atoms with Crippen molar-refractivity contribution in [3.8, 4) is 0 Å². The molecule has 0 saturated carbocycles. The lowest BCUT2D eigenvalue weighted by atomic mass is 10.2. The van der Waals surface area contributed by atoms with Gasteiger partial charge in [-0.3, -0.25) is 14.5 Å². The fraction of sp³-hybridized carbons (Fsp3) is 0.316. The van der Waals surface area contributed by atoms with E-state index in [0.717, 1.165) is 10.7 Å². The molecule has 0 unspecified atom stereocenters. The maximum Gasteiger partial charge on any atom is 0.246 e. The van der Waals surface area contributed by atoms with Crippen LogP contribution < -0.4 is 5.32 Å². The van der Waals surface area contributed by atoms with Gasteiger partial charge in [-0.2, -0.15) is 0 Å². The summed E-state index contributed by atoms with van der Waals surface area (Å²) in [5.41, 5.74) is 1.36. The third-order valence-corrected chi connectivity index (χ3v) is 5.00. The molecule has 142 valence electrons. The lowest BCUT2D eigenvalue weighted by Crippen LogP contribution is -2.50. The van der Waals surface area contributed by atoms with Crippen molar-refractivity contribution in [1.29, 1.82) is 0 Å². The number of halogens is 1. The number of amides is 2. The second kappa shape index (κ2) is 8.88. The van der Waals surface area contributed by atoms with E-state index in [2.05, 4.69) is 10.3 Å². The third kappa shape index (κ3) is 5.70. The molecule has 3 rings (SSSR count). The topological polar surface area (TPSA) is 65.5 Å². The van der Waals surface area contributed by atoms with Crippen LogP contribution in [0.15, 0.2) is 35.7 Å². The van der Waals surface area contributed by atoms with Crippen molar-refractivity contribution in [3.05, 3.63) is 52.2 Å². The van der Waals surface area contributed by atoms with E-state index in [1.807, 2.05) is 17.2 Å². The molecule has 1 aliphatic rings. The summed E-state index contributed by atoms with van der Waals surface area (Å²) in [4.78, 5) is 32.4. The van der Waals surface area contributed by atoms with Crippen molar-refractivity contribution in [2.45, 2.75) is 6.92 Å². The number of nitrogens with zero attached hydrogens (tertiary/aromatic N) is 3. The van der Waals surface area contributed by atoms with Crippen LogP contribution in [0.25, 0.3) is 6.08 Å². The molecule has 1 aliphatic heterocycles. The number of thiazole rings is 1. The molecule has 2 heterocycles. The Labute approximate surface area is 161 Å². The van der Waals surface area contributed by atoms with Crippen molar-refractivity contribution in [2.24, 2.45) is 0 Å². The largest absolute Gasteiger partial charge is 0.337 e. The molecule has 2 amide bonds. The molecule has 27 heavy (non-hydrogen) atoms. The smallest absolute Gasteiger partial charge is 0.246 e. The van der Waals surface area contributed by atoms with Crippen molar-refractivity contribution >= 4 is 34.9 Å².